The van der Waals surface area contributed by atoms with Gasteiger partial charge in [-0.3, -0.25) is 0 Å². The monoisotopic (exact) mass is 218 g/mol. The third-order valence-electron chi connectivity index (χ3n) is 3.24. The molecule has 2 heteroatoms. The highest BCUT2D eigenvalue weighted by Gasteiger charge is 2.10. The van der Waals surface area contributed by atoms with E-state index in [1.807, 2.05) is 0 Å². The highest BCUT2D eigenvalue weighted by molar-refractivity contribution is 5.14. The van der Waals surface area contributed by atoms with Crippen LogP contribution in [0.1, 0.15) is 24.8 Å². The zero-order chi connectivity index (χ0) is 11.1. The average Bonchev–Trinajstić information content (AvgIpc) is 2.37. The van der Waals surface area contributed by atoms with Gasteiger partial charge in [0.25, 0.3) is 0 Å². The van der Waals surface area contributed by atoms with E-state index in [9.17, 15) is 0 Å². The third kappa shape index (κ3) is 3.95. The molecule has 0 aliphatic carbocycles. The van der Waals surface area contributed by atoms with Crippen LogP contribution in [0.5, 0.6) is 0 Å². The molecule has 1 aliphatic heterocycles. The molecule has 1 saturated heterocycles. The van der Waals surface area contributed by atoms with Gasteiger partial charge in [-0.15, -0.1) is 0 Å². The maximum atomic E-state index is 3.56. The summed E-state index contributed by atoms with van der Waals surface area (Å²) in [6.07, 6.45) is 5.16. The minimum Gasteiger partial charge on any atom is -0.314 e. The Morgan fingerprint density at radius 3 is 2.69 bits per heavy atom. The number of aryl methyl sites for hydroxylation is 1. The molecule has 0 saturated carbocycles. The summed E-state index contributed by atoms with van der Waals surface area (Å²) in [6, 6.07) is 11.5. The van der Waals surface area contributed by atoms with Crippen LogP contribution >= 0.6 is 0 Å². The van der Waals surface area contributed by atoms with E-state index in [0.29, 0.717) is 6.04 Å². The fraction of sp³-hybridized carbons (Fsp3) is 0.571. The van der Waals surface area contributed by atoms with Crippen molar-refractivity contribution in [1.29, 1.82) is 0 Å². The van der Waals surface area contributed by atoms with Gasteiger partial charge in [-0.2, -0.15) is 0 Å². The molecular weight excluding hydrogens is 196 g/mol. The fourth-order valence-corrected chi connectivity index (χ4v) is 2.28. The number of rotatable bonds is 5. The topological polar surface area (TPSA) is 24.1 Å². The number of hydrogen-bond acceptors (Lipinski definition) is 2. The molecule has 88 valence electrons. The zero-order valence-electron chi connectivity index (χ0n) is 9.91. The minimum atomic E-state index is 0.699. The first-order valence-corrected chi connectivity index (χ1v) is 6.43. The van der Waals surface area contributed by atoms with Crippen molar-refractivity contribution in [1.82, 2.24) is 10.6 Å². The molecule has 0 aromatic heterocycles. The van der Waals surface area contributed by atoms with Crippen molar-refractivity contribution in [3.63, 3.8) is 0 Å². The average molecular weight is 218 g/mol. The van der Waals surface area contributed by atoms with Gasteiger partial charge in [-0.1, -0.05) is 36.8 Å². The van der Waals surface area contributed by atoms with Crippen LogP contribution in [0.15, 0.2) is 30.3 Å². The standard InChI is InChI=1S/C14H22N2/c1-2-6-13(7-3-1)8-4-5-9-14-12-15-10-11-16-14/h1-3,6-7,14-16H,4-5,8-12H2/t14-/m0/s1. The summed E-state index contributed by atoms with van der Waals surface area (Å²) < 4.78 is 0. The van der Waals surface area contributed by atoms with Crippen LogP contribution in [-0.4, -0.2) is 25.7 Å². The zero-order valence-corrected chi connectivity index (χ0v) is 9.91. The number of nitrogens with one attached hydrogen (secondary N) is 2. The van der Waals surface area contributed by atoms with Gasteiger partial charge in [0.15, 0.2) is 0 Å². The highest BCUT2D eigenvalue weighted by atomic mass is 15.0. The summed E-state index contributed by atoms with van der Waals surface area (Å²) in [5.74, 6) is 0. The maximum Gasteiger partial charge on any atom is 0.0193 e. The molecule has 16 heavy (non-hydrogen) atoms. The lowest BCUT2D eigenvalue weighted by atomic mass is 10.0. The summed E-state index contributed by atoms with van der Waals surface area (Å²) in [6.45, 7) is 3.40. The molecule has 1 fully saturated rings. The molecule has 0 radical (unpaired) electrons. The van der Waals surface area contributed by atoms with Crippen molar-refractivity contribution in [2.75, 3.05) is 19.6 Å². The normalized spacial score (nSPS) is 20.9. The Kier molecular flexibility index (Phi) is 4.84. The Morgan fingerprint density at radius 2 is 1.94 bits per heavy atom. The second-order valence-corrected chi connectivity index (χ2v) is 4.59. The van der Waals surface area contributed by atoms with Crippen molar-refractivity contribution in [2.45, 2.75) is 31.7 Å². The first-order chi connectivity index (χ1) is 7.95. The van der Waals surface area contributed by atoms with Gasteiger partial charge < -0.3 is 10.6 Å². The molecule has 0 spiro atoms. The molecule has 1 atom stereocenters. The Balaban J connectivity index is 1.58. The second-order valence-electron chi connectivity index (χ2n) is 4.59. The summed E-state index contributed by atoms with van der Waals surface area (Å²) in [7, 11) is 0. The summed E-state index contributed by atoms with van der Waals surface area (Å²) in [5, 5.41) is 6.99. The van der Waals surface area contributed by atoms with Crippen molar-refractivity contribution in [3.8, 4) is 0 Å². The van der Waals surface area contributed by atoms with E-state index in [1.165, 1.54) is 31.2 Å². The van der Waals surface area contributed by atoms with E-state index in [-0.39, 0.29) is 0 Å². The van der Waals surface area contributed by atoms with Crippen molar-refractivity contribution < 1.29 is 0 Å². The predicted octanol–water partition coefficient (Wildman–Crippen LogP) is 1.96. The molecule has 1 heterocycles. The molecule has 0 bridgehead atoms. The van der Waals surface area contributed by atoms with Gasteiger partial charge in [-0.25, -0.2) is 0 Å². The lowest BCUT2D eigenvalue weighted by Gasteiger charge is -2.24. The van der Waals surface area contributed by atoms with E-state index in [4.69, 9.17) is 0 Å². The van der Waals surface area contributed by atoms with Gasteiger partial charge in [-0.05, 0) is 24.8 Å². The number of hydrogen-bond donors (Lipinski definition) is 2. The molecule has 1 aromatic carbocycles. The number of unbranched alkanes of at least 4 members (excludes halogenated alkanes) is 1. The van der Waals surface area contributed by atoms with Crippen LogP contribution in [0.25, 0.3) is 0 Å². The van der Waals surface area contributed by atoms with Crippen LogP contribution in [0.2, 0.25) is 0 Å². The molecule has 2 N–H and O–H groups in total. The summed E-state index contributed by atoms with van der Waals surface area (Å²) >= 11 is 0. The van der Waals surface area contributed by atoms with Crippen molar-refractivity contribution in [3.05, 3.63) is 35.9 Å². The Bertz CT molecular complexity index is 278. The molecule has 2 nitrogen and oxygen atoms in total. The van der Waals surface area contributed by atoms with E-state index in [1.54, 1.807) is 0 Å². The Morgan fingerprint density at radius 1 is 1.06 bits per heavy atom. The van der Waals surface area contributed by atoms with E-state index in [0.717, 1.165) is 19.6 Å². The van der Waals surface area contributed by atoms with Crippen LogP contribution < -0.4 is 10.6 Å². The predicted molar refractivity (Wildman–Crippen MR) is 68.7 cm³/mol. The second kappa shape index (κ2) is 6.66. The largest absolute Gasteiger partial charge is 0.314 e. The summed E-state index contributed by atoms with van der Waals surface area (Å²) in [5.41, 5.74) is 1.47. The first-order valence-electron chi connectivity index (χ1n) is 6.43. The number of benzene rings is 1. The SMILES string of the molecule is c1ccc(CCCC[C@H]2CNCCN2)cc1. The highest BCUT2D eigenvalue weighted by Crippen LogP contribution is 2.08. The van der Waals surface area contributed by atoms with Gasteiger partial charge >= 0.3 is 0 Å². The van der Waals surface area contributed by atoms with Gasteiger partial charge in [0.1, 0.15) is 0 Å². The maximum absolute atomic E-state index is 3.56. The van der Waals surface area contributed by atoms with E-state index >= 15 is 0 Å². The Hall–Kier alpha value is -0.860. The fourth-order valence-electron chi connectivity index (χ4n) is 2.28. The lowest BCUT2D eigenvalue weighted by molar-refractivity contribution is 0.389. The van der Waals surface area contributed by atoms with Crippen molar-refractivity contribution in [2.24, 2.45) is 0 Å². The van der Waals surface area contributed by atoms with Crippen LogP contribution in [0.3, 0.4) is 0 Å². The minimum absolute atomic E-state index is 0.699. The van der Waals surface area contributed by atoms with E-state index < -0.39 is 0 Å². The van der Waals surface area contributed by atoms with E-state index in [2.05, 4.69) is 41.0 Å². The molecular formula is C14H22N2. The smallest absolute Gasteiger partial charge is 0.0193 e. The van der Waals surface area contributed by atoms with Crippen LogP contribution in [0.4, 0.5) is 0 Å². The van der Waals surface area contributed by atoms with Crippen LogP contribution in [0, 0.1) is 0 Å². The molecule has 0 unspecified atom stereocenters. The molecule has 1 aliphatic rings. The third-order valence-corrected chi connectivity index (χ3v) is 3.24. The quantitative estimate of drug-likeness (QED) is 0.738. The van der Waals surface area contributed by atoms with Gasteiger partial charge in [0.2, 0.25) is 0 Å². The Labute approximate surface area is 98.4 Å². The van der Waals surface area contributed by atoms with Crippen LogP contribution in [-0.2, 0) is 6.42 Å². The summed E-state index contributed by atoms with van der Waals surface area (Å²) in [4.78, 5) is 0. The van der Waals surface area contributed by atoms with Gasteiger partial charge in [0, 0.05) is 25.7 Å². The molecule has 1 aromatic rings. The number of piperazine rings is 1. The molecule has 2 rings (SSSR count). The first kappa shape index (κ1) is 11.6. The lowest BCUT2D eigenvalue weighted by Crippen LogP contribution is -2.48. The van der Waals surface area contributed by atoms with Gasteiger partial charge in [0.05, 0.1) is 0 Å². The van der Waals surface area contributed by atoms with Crippen molar-refractivity contribution >= 4 is 0 Å². The molecule has 0 amide bonds.